The van der Waals surface area contributed by atoms with Crippen LogP contribution in [-0.2, 0) is 6.18 Å². The number of nitrogens with one attached hydrogen (secondary N) is 1. The zero-order valence-electron chi connectivity index (χ0n) is 15.3. The Labute approximate surface area is 159 Å². The molecule has 2 aromatic heterocycles. The first-order valence-electron chi connectivity index (χ1n) is 9.39. The molecular formula is C19H19F3N6. The second kappa shape index (κ2) is 6.15. The van der Waals surface area contributed by atoms with Crippen LogP contribution in [0.2, 0.25) is 0 Å². The normalized spacial score (nSPS) is 21.5. The Morgan fingerprint density at radius 2 is 2.04 bits per heavy atom. The maximum Gasteiger partial charge on any atom is 0.419 e. The van der Waals surface area contributed by atoms with E-state index in [2.05, 4.69) is 25.4 Å². The summed E-state index contributed by atoms with van der Waals surface area (Å²) in [6, 6.07) is 0.183. The van der Waals surface area contributed by atoms with Crippen LogP contribution < -0.4 is 5.32 Å². The van der Waals surface area contributed by atoms with Crippen molar-refractivity contribution in [1.29, 1.82) is 0 Å². The minimum atomic E-state index is -4.44. The predicted molar refractivity (Wildman–Crippen MR) is 97.9 cm³/mol. The minimum absolute atomic E-state index is 0.0868. The topological polar surface area (TPSA) is 68.0 Å². The molecule has 0 saturated heterocycles. The van der Waals surface area contributed by atoms with Gasteiger partial charge < -0.3 is 5.32 Å². The van der Waals surface area contributed by atoms with Gasteiger partial charge in [-0.15, -0.1) is 0 Å². The van der Waals surface area contributed by atoms with Crippen LogP contribution in [0.4, 0.5) is 24.8 Å². The highest BCUT2D eigenvalue weighted by Crippen LogP contribution is 2.45. The zero-order chi connectivity index (χ0) is 19.5. The third kappa shape index (κ3) is 2.98. The quantitative estimate of drug-likeness (QED) is 0.846. The van der Waals surface area contributed by atoms with E-state index < -0.39 is 11.7 Å². The molecule has 28 heavy (non-hydrogen) atoms. The van der Waals surface area contributed by atoms with Crippen LogP contribution in [0.3, 0.4) is 0 Å². The second-order valence-electron chi connectivity index (χ2n) is 7.57. The molecule has 0 radical (unpaired) electrons. The van der Waals surface area contributed by atoms with Crippen LogP contribution in [0, 0.1) is 6.92 Å². The molecule has 6 nitrogen and oxygen atoms in total. The van der Waals surface area contributed by atoms with Crippen LogP contribution in [0.15, 0.2) is 28.5 Å². The van der Waals surface area contributed by atoms with E-state index in [-0.39, 0.29) is 23.6 Å². The van der Waals surface area contributed by atoms with E-state index in [9.17, 15) is 13.2 Å². The summed E-state index contributed by atoms with van der Waals surface area (Å²) in [6.45, 7) is 2.58. The summed E-state index contributed by atoms with van der Waals surface area (Å²) in [5.74, 6) is 0.0447. The maximum absolute atomic E-state index is 13.2. The Hall–Kier alpha value is -2.71. The Balaban J connectivity index is 1.41. The lowest BCUT2D eigenvalue weighted by molar-refractivity contribution is -0.138. The summed E-state index contributed by atoms with van der Waals surface area (Å²) >= 11 is 0. The number of rotatable bonds is 4. The number of halogens is 3. The number of aliphatic imine (C=N–C) groups is 1. The summed E-state index contributed by atoms with van der Waals surface area (Å²) in [5.41, 5.74) is 3.41. The molecule has 5 rings (SSSR count). The Bertz CT molecular complexity index is 1000. The zero-order valence-corrected chi connectivity index (χ0v) is 15.3. The molecule has 9 heteroatoms. The monoisotopic (exact) mass is 388 g/mol. The lowest BCUT2D eigenvalue weighted by atomic mass is 10.1. The summed E-state index contributed by atoms with van der Waals surface area (Å²) in [4.78, 5) is 12.4. The summed E-state index contributed by atoms with van der Waals surface area (Å²) in [6.07, 6.45) is 3.72. The molecule has 0 aromatic carbocycles. The molecule has 0 spiro atoms. The lowest BCUT2D eigenvalue weighted by Gasteiger charge is -2.13. The van der Waals surface area contributed by atoms with E-state index in [1.54, 1.807) is 0 Å². The minimum Gasteiger partial charge on any atom is -0.321 e. The Kier molecular flexibility index (Phi) is 3.82. The standard InChI is InChI=1S/C19H19F3N6/c1-10-15(9-28(27-10)16-5-4-12-6-23-7-13(12)16)25-18-24-8-14(19(20,21)22)17(26-18)11-2-3-11/h6,8-9,11,16H,2-5,7H2,1H3,(H,24,25,26)/t16-/m1/s1. The average Bonchev–Trinajstić information content (AvgIpc) is 3.08. The molecule has 1 atom stereocenters. The van der Waals surface area contributed by atoms with Gasteiger partial charge in [0.2, 0.25) is 5.95 Å². The molecule has 1 N–H and O–H groups in total. The van der Waals surface area contributed by atoms with Gasteiger partial charge in [0, 0.05) is 24.5 Å². The predicted octanol–water partition coefficient (Wildman–Crippen LogP) is 4.34. The summed E-state index contributed by atoms with van der Waals surface area (Å²) in [5, 5.41) is 7.66. The van der Waals surface area contributed by atoms with Crippen molar-refractivity contribution in [3.63, 3.8) is 0 Å². The van der Waals surface area contributed by atoms with Gasteiger partial charge in [0.1, 0.15) is 0 Å². The second-order valence-corrected chi connectivity index (χ2v) is 7.57. The molecule has 1 aliphatic heterocycles. The van der Waals surface area contributed by atoms with Crippen molar-refractivity contribution in [1.82, 2.24) is 19.7 Å². The van der Waals surface area contributed by atoms with Gasteiger partial charge in [0.05, 0.1) is 35.2 Å². The van der Waals surface area contributed by atoms with Crippen LogP contribution in [-0.4, -0.2) is 32.5 Å². The molecule has 1 saturated carbocycles. The first-order valence-corrected chi connectivity index (χ1v) is 9.39. The van der Waals surface area contributed by atoms with Crippen molar-refractivity contribution in [2.75, 3.05) is 11.9 Å². The van der Waals surface area contributed by atoms with Gasteiger partial charge in [-0.2, -0.15) is 18.3 Å². The molecule has 3 heterocycles. The van der Waals surface area contributed by atoms with E-state index in [1.807, 2.05) is 24.0 Å². The molecule has 1 fully saturated rings. The number of alkyl halides is 3. The van der Waals surface area contributed by atoms with Gasteiger partial charge >= 0.3 is 6.18 Å². The van der Waals surface area contributed by atoms with E-state index in [4.69, 9.17) is 0 Å². The molecule has 0 bridgehead atoms. The number of allylic oxidation sites excluding steroid dienone is 1. The van der Waals surface area contributed by atoms with Crippen LogP contribution in [0.5, 0.6) is 0 Å². The van der Waals surface area contributed by atoms with Crippen molar-refractivity contribution < 1.29 is 13.2 Å². The van der Waals surface area contributed by atoms with Gasteiger partial charge in [0.25, 0.3) is 0 Å². The molecule has 2 aliphatic carbocycles. The highest BCUT2D eigenvalue weighted by molar-refractivity contribution is 5.83. The van der Waals surface area contributed by atoms with Gasteiger partial charge in [-0.3, -0.25) is 9.67 Å². The highest BCUT2D eigenvalue weighted by Gasteiger charge is 2.40. The first kappa shape index (κ1) is 17.4. The largest absolute Gasteiger partial charge is 0.419 e. The van der Waals surface area contributed by atoms with E-state index in [0.29, 0.717) is 12.2 Å². The van der Waals surface area contributed by atoms with Gasteiger partial charge in [-0.25, -0.2) is 9.97 Å². The Morgan fingerprint density at radius 1 is 1.21 bits per heavy atom. The molecule has 0 unspecified atom stereocenters. The highest BCUT2D eigenvalue weighted by atomic mass is 19.4. The van der Waals surface area contributed by atoms with Crippen molar-refractivity contribution in [2.24, 2.45) is 4.99 Å². The van der Waals surface area contributed by atoms with Gasteiger partial charge in [-0.1, -0.05) is 0 Å². The van der Waals surface area contributed by atoms with Crippen molar-refractivity contribution in [2.45, 2.75) is 50.7 Å². The maximum atomic E-state index is 13.2. The van der Waals surface area contributed by atoms with E-state index in [1.165, 1.54) is 11.1 Å². The van der Waals surface area contributed by atoms with E-state index >= 15 is 0 Å². The fourth-order valence-electron chi connectivity index (χ4n) is 3.97. The van der Waals surface area contributed by atoms with Crippen LogP contribution in [0.1, 0.15) is 54.6 Å². The molecule has 3 aliphatic rings. The van der Waals surface area contributed by atoms with Crippen molar-refractivity contribution >= 4 is 17.9 Å². The number of anilines is 2. The van der Waals surface area contributed by atoms with Crippen LogP contribution >= 0.6 is 0 Å². The lowest BCUT2D eigenvalue weighted by Crippen LogP contribution is -2.12. The van der Waals surface area contributed by atoms with Crippen molar-refractivity contribution in [3.05, 3.63) is 40.5 Å². The fraction of sp³-hybridized carbons (Fsp3) is 0.474. The summed E-state index contributed by atoms with van der Waals surface area (Å²) < 4.78 is 41.6. The molecular weight excluding hydrogens is 369 g/mol. The number of aryl methyl sites for hydroxylation is 1. The van der Waals surface area contributed by atoms with Gasteiger partial charge in [0.15, 0.2) is 0 Å². The molecule has 146 valence electrons. The number of nitrogens with zero attached hydrogens (tertiary/aromatic N) is 5. The first-order chi connectivity index (χ1) is 13.4. The fourth-order valence-corrected chi connectivity index (χ4v) is 3.97. The third-order valence-corrected chi connectivity index (χ3v) is 5.58. The third-order valence-electron chi connectivity index (χ3n) is 5.58. The SMILES string of the molecule is Cc1nn([C@@H]2CCC3=C2CN=C3)cc1Nc1ncc(C(F)(F)F)c(C2CC2)n1. The average molecular weight is 388 g/mol. The van der Waals surface area contributed by atoms with E-state index in [0.717, 1.165) is 37.6 Å². The molecule has 2 aromatic rings. The van der Waals surface area contributed by atoms with Crippen LogP contribution in [0.25, 0.3) is 0 Å². The number of hydrogen-bond donors (Lipinski definition) is 1. The molecule has 0 amide bonds. The smallest absolute Gasteiger partial charge is 0.321 e. The van der Waals surface area contributed by atoms with Gasteiger partial charge in [-0.05, 0) is 43.8 Å². The Morgan fingerprint density at radius 3 is 2.79 bits per heavy atom. The number of hydrogen-bond acceptors (Lipinski definition) is 5. The van der Waals surface area contributed by atoms with Crippen molar-refractivity contribution in [3.8, 4) is 0 Å². The summed E-state index contributed by atoms with van der Waals surface area (Å²) in [7, 11) is 0. The number of aromatic nitrogens is 4.